The molecule has 0 amide bonds. The van der Waals surface area contributed by atoms with Gasteiger partial charge in [-0.05, 0) is 19.9 Å². The van der Waals surface area contributed by atoms with Crippen LogP contribution in [0.2, 0.25) is 0 Å². The van der Waals surface area contributed by atoms with Gasteiger partial charge in [0, 0.05) is 6.07 Å². The van der Waals surface area contributed by atoms with Gasteiger partial charge in [-0.3, -0.25) is 14.7 Å². The van der Waals surface area contributed by atoms with Crippen LogP contribution in [0.5, 0.6) is 0 Å². The first-order valence-electron chi connectivity index (χ1n) is 5.81. The standard InChI is InChI=1S/C11H14F2NO5P/c1-3-18-20(17,19-4-2)11(12,13)9-7-5-6-8-10(9)14(15)16/h5-8H,3-4H2,1-2H3. The topological polar surface area (TPSA) is 78.7 Å². The van der Waals surface area contributed by atoms with Gasteiger partial charge in [-0.15, -0.1) is 0 Å². The number of halogens is 2. The van der Waals surface area contributed by atoms with Crippen LogP contribution in [0.4, 0.5) is 14.5 Å². The molecule has 0 spiro atoms. The summed E-state index contributed by atoms with van der Waals surface area (Å²) in [5.74, 6) is 0. The molecule has 6 nitrogen and oxygen atoms in total. The van der Waals surface area contributed by atoms with E-state index in [9.17, 15) is 23.5 Å². The van der Waals surface area contributed by atoms with Gasteiger partial charge >= 0.3 is 13.3 Å². The lowest BCUT2D eigenvalue weighted by atomic mass is 10.2. The van der Waals surface area contributed by atoms with Gasteiger partial charge < -0.3 is 9.05 Å². The fraction of sp³-hybridized carbons (Fsp3) is 0.455. The van der Waals surface area contributed by atoms with Crippen molar-refractivity contribution in [3.05, 3.63) is 39.9 Å². The molecule has 0 saturated heterocycles. The van der Waals surface area contributed by atoms with Crippen molar-refractivity contribution in [2.24, 2.45) is 0 Å². The van der Waals surface area contributed by atoms with Crippen LogP contribution >= 0.6 is 7.60 Å². The van der Waals surface area contributed by atoms with Gasteiger partial charge in [-0.2, -0.15) is 8.78 Å². The van der Waals surface area contributed by atoms with Gasteiger partial charge in [0.15, 0.2) is 0 Å². The third-order valence-electron chi connectivity index (χ3n) is 2.37. The van der Waals surface area contributed by atoms with E-state index in [1.54, 1.807) is 0 Å². The molecule has 9 heteroatoms. The second-order valence-electron chi connectivity index (χ2n) is 3.65. The maximum atomic E-state index is 14.4. The minimum absolute atomic E-state index is 0.270. The third kappa shape index (κ3) is 3.03. The van der Waals surface area contributed by atoms with E-state index in [4.69, 9.17) is 0 Å². The van der Waals surface area contributed by atoms with E-state index in [0.717, 1.165) is 12.1 Å². The summed E-state index contributed by atoms with van der Waals surface area (Å²) >= 11 is 0. The molecule has 0 bridgehead atoms. The van der Waals surface area contributed by atoms with Gasteiger partial charge in [0.25, 0.3) is 5.69 Å². The highest BCUT2D eigenvalue weighted by Gasteiger charge is 2.57. The molecule has 0 radical (unpaired) electrons. The Balaban J connectivity index is 3.40. The van der Waals surface area contributed by atoms with E-state index in [0.29, 0.717) is 0 Å². The summed E-state index contributed by atoms with van der Waals surface area (Å²) in [6.07, 6.45) is 0. The van der Waals surface area contributed by atoms with E-state index in [1.807, 2.05) is 0 Å². The molecular weight excluding hydrogens is 295 g/mol. The van der Waals surface area contributed by atoms with Gasteiger partial charge in [0.2, 0.25) is 0 Å². The molecule has 1 aromatic carbocycles. The largest absolute Gasteiger partial charge is 0.404 e. The predicted octanol–water partition coefficient (Wildman–Crippen LogP) is 3.91. The van der Waals surface area contributed by atoms with Crippen LogP contribution in [0.25, 0.3) is 0 Å². The molecule has 0 aliphatic heterocycles. The number of rotatable bonds is 7. The highest BCUT2D eigenvalue weighted by molar-refractivity contribution is 7.54. The Morgan fingerprint density at radius 1 is 1.25 bits per heavy atom. The molecule has 0 unspecified atom stereocenters. The Labute approximate surface area is 114 Å². The first-order valence-corrected chi connectivity index (χ1v) is 7.35. The molecule has 0 aliphatic rings. The Hall–Kier alpha value is -1.37. The number of nitrogens with zero attached hydrogens (tertiary/aromatic N) is 1. The predicted molar refractivity (Wildman–Crippen MR) is 67.8 cm³/mol. The Kier molecular flexibility index (Phi) is 5.33. The molecule has 0 fully saturated rings. The minimum Gasteiger partial charge on any atom is -0.304 e. The van der Waals surface area contributed by atoms with E-state index < -0.39 is 29.4 Å². The smallest absolute Gasteiger partial charge is 0.304 e. The lowest BCUT2D eigenvalue weighted by Crippen LogP contribution is -2.19. The maximum absolute atomic E-state index is 14.4. The van der Waals surface area contributed by atoms with Crippen LogP contribution in [-0.2, 0) is 19.3 Å². The summed E-state index contributed by atoms with van der Waals surface area (Å²) < 4.78 is 50.1. The zero-order valence-corrected chi connectivity index (χ0v) is 11.8. The van der Waals surface area contributed by atoms with Crippen LogP contribution < -0.4 is 0 Å². The van der Waals surface area contributed by atoms with Crippen molar-refractivity contribution in [1.82, 2.24) is 0 Å². The fourth-order valence-corrected chi connectivity index (χ4v) is 3.14. The first-order chi connectivity index (χ1) is 9.30. The zero-order chi connectivity index (χ0) is 15.4. The molecule has 20 heavy (non-hydrogen) atoms. The molecule has 112 valence electrons. The number of para-hydroxylation sites is 1. The van der Waals surface area contributed by atoms with E-state index in [1.165, 1.54) is 26.0 Å². The summed E-state index contributed by atoms with van der Waals surface area (Å²) in [7, 11) is -4.85. The third-order valence-corrected chi connectivity index (χ3v) is 4.49. The van der Waals surface area contributed by atoms with Crippen molar-refractivity contribution in [2.75, 3.05) is 13.2 Å². The number of hydrogen-bond acceptors (Lipinski definition) is 5. The number of benzene rings is 1. The SMILES string of the molecule is CCOP(=O)(OCC)C(F)(F)c1ccccc1[N+](=O)[O-]. The van der Waals surface area contributed by atoms with Crippen molar-refractivity contribution >= 4 is 13.3 Å². The first kappa shape index (κ1) is 16.7. The summed E-state index contributed by atoms with van der Waals surface area (Å²) in [5, 5.41) is 10.8. The molecule has 0 saturated carbocycles. The van der Waals surface area contributed by atoms with Crippen LogP contribution in [0, 0.1) is 10.1 Å². The van der Waals surface area contributed by atoms with Crippen LogP contribution in [0.15, 0.2) is 24.3 Å². The second kappa shape index (κ2) is 6.39. The van der Waals surface area contributed by atoms with Gasteiger partial charge in [0.05, 0.1) is 18.1 Å². The highest BCUT2D eigenvalue weighted by atomic mass is 31.2. The van der Waals surface area contributed by atoms with Crippen LogP contribution in [-0.4, -0.2) is 18.1 Å². The second-order valence-corrected chi connectivity index (χ2v) is 5.72. The number of nitro groups is 1. The number of hydrogen-bond donors (Lipinski definition) is 0. The van der Waals surface area contributed by atoms with Gasteiger partial charge in [-0.1, -0.05) is 12.1 Å². The molecule has 0 N–H and O–H groups in total. The average Bonchev–Trinajstić information content (AvgIpc) is 2.39. The average molecular weight is 309 g/mol. The van der Waals surface area contributed by atoms with Crippen LogP contribution in [0.1, 0.15) is 19.4 Å². The van der Waals surface area contributed by atoms with Crippen LogP contribution in [0.3, 0.4) is 0 Å². The molecule has 0 heterocycles. The van der Waals surface area contributed by atoms with E-state index >= 15 is 0 Å². The molecular formula is C11H14F2NO5P. The van der Waals surface area contributed by atoms with Gasteiger partial charge in [0.1, 0.15) is 5.56 Å². The molecule has 0 aliphatic carbocycles. The lowest BCUT2D eigenvalue weighted by molar-refractivity contribution is -0.386. The monoisotopic (exact) mass is 309 g/mol. The van der Waals surface area contributed by atoms with Crippen molar-refractivity contribution in [1.29, 1.82) is 0 Å². The Morgan fingerprint density at radius 2 is 1.75 bits per heavy atom. The fourth-order valence-electron chi connectivity index (χ4n) is 1.57. The molecule has 1 aromatic rings. The van der Waals surface area contributed by atoms with Gasteiger partial charge in [-0.25, -0.2) is 0 Å². The Bertz CT molecular complexity index is 527. The van der Waals surface area contributed by atoms with E-state index in [2.05, 4.69) is 9.05 Å². The summed E-state index contributed by atoms with van der Waals surface area (Å²) in [4.78, 5) is 9.85. The maximum Gasteiger partial charge on any atom is 0.404 e. The number of alkyl halides is 2. The quantitative estimate of drug-likeness (QED) is 0.433. The summed E-state index contributed by atoms with van der Waals surface area (Å²) in [5.41, 5.74) is -5.93. The molecule has 0 atom stereocenters. The Morgan fingerprint density at radius 3 is 2.20 bits per heavy atom. The number of nitro benzene ring substituents is 1. The molecule has 0 aromatic heterocycles. The summed E-state index contributed by atoms with van der Waals surface area (Å²) in [6, 6.07) is 4.18. The van der Waals surface area contributed by atoms with Crippen molar-refractivity contribution in [3.63, 3.8) is 0 Å². The molecule has 1 rings (SSSR count). The van der Waals surface area contributed by atoms with Crippen molar-refractivity contribution in [2.45, 2.75) is 19.5 Å². The van der Waals surface area contributed by atoms with Crippen molar-refractivity contribution in [3.8, 4) is 0 Å². The summed E-state index contributed by atoms with van der Waals surface area (Å²) in [6.45, 7) is 2.21. The normalized spacial score (nSPS) is 12.4. The van der Waals surface area contributed by atoms with Crippen molar-refractivity contribution < 1.29 is 27.3 Å². The van der Waals surface area contributed by atoms with E-state index in [-0.39, 0.29) is 13.2 Å². The highest BCUT2D eigenvalue weighted by Crippen LogP contribution is 2.67. The minimum atomic E-state index is -4.85. The zero-order valence-electron chi connectivity index (χ0n) is 10.9. The lowest BCUT2D eigenvalue weighted by Gasteiger charge is -2.25.